The van der Waals surface area contributed by atoms with Gasteiger partial charge in [-0.15, -0.1) is 0 Å². The number of aliphatic hydroxyl groups is 1. The average Bonchev–Trinajstić information content (AvgIpc) is 2.84. The molecule has 0 unspecified atom stereocenters. The van der Waals surface area contributed by atoms with Gasteiger partial charge < -0.3 is 14.7 Å². The number of hydrogen-bond donors (Lipinski definition) is 2. The monoisotopic (exact) mass is 319 g/mol. The molecule has 2 aliphatic heterocycles. The molecule has 2 N–H and O–H groups in total. The molecule has 0 spiro atoms. The number of amides is 2. The van der Waals surface area contributed by atoms with Gasteiger partial charge in [0.25, 0.3) is 5.91 Å². The number of hydrogen-bond acceptors (Lipinski definition) is 4. The van der Waals surface area contributed by atoms with Crippen molar-refractivity contribution in [3.63, 3.8) is 0 Å². The molecule has 2 heterocycles. The summed E-state index contributed by atoms with van der Waals surface area (Å²) >= 11 is 0. The van der Waals surface area contributed by atoms with Crippen molar-refractivity contribution in [3.8, 4) is 5.75 Å². The minimum atomic E-state index is -0.318. The highest BCUT2D eigenvalue weighted by atomic mass is 16.5. The van der Waals surface area contributed by atoms with Gasteiger partial charge in [0.15, 0.2) is 6.04 Å². The van der Waals surface area contributed by atoms with E-state index >= 15 is 0 Å². The molecule has 3 rings (SSSR count). The number of nitrogens with zero attached hydrogens (tertiary/aromatic N) is 1. The van der Waals surface area contributed by atoms with Gasteiger partial charge in [-0.25, -0.2) is 4.90 Å². The number of carbonyl (C=O) groups excluding carboxylic acids is 2. The molecule has 0 saturated carbocycles. The van der Waals surface area contributed by atoms with Crippen LogP contribution in [0.3, 0.4) is 0 Å². The van der Waals surface area contributed by atoms with Gasteiger partial charge in [0.2, 0.25) is 5.91 Å². The number of piperidine rings is 1. The molecule has 2 aliphatic rings. The Kier molecular flexibility index (Phi) is 4.63. The van der Waals surface area contributed by atoms with Crippen LogP contribution in [0.25, 0.3) is 0 Å². The summed E-state index contributed by atoms with van der Waals surface area (Å²) in [6.45, 7) is 3.96. The summed E-state index contributed by atoms with van der Waals surface area (Å²) in [7, 11) is 0. The van der Waals surface area contributed by atoms with E-state index in [0.29, 0.717) is 25.1 Å². The van der Waals surface area contributed by atoms with E-state index < -0.39 is 0 Å². The number of ether oxygens (including phenoxy) is 1. The van der Waals surface area contributed by atoms with Crippen LogP contribution in [0, 0.1) is 0 Å². The Labute approximate surface area is 135 Å². The van der Waals surface area contributed by atoms with Crippen LogP contribution in [0.1, 0.15) is 26.2 Å². The van der Waals surface area contributed by atoms with Gasteiger partial charge in [0.1, 0.15) is 5.75 Å². The highest BCUT2D eigenvalue weighted by molar-refractivity contribution is 6.21. The maximum absolute atomic E-state index is 12.7. The van der Waals surface area contributed by atoms with E-state index in [1.807, 2.05) is 6.92 Å². The van der Waals surface area contributed by atoms with Crippen molar-refractivity contribution in [2.75, 3.05) is 24.6 Å². The number of rotatable bonds is 4. The number of likely N-dealkylation sites (tertiary alicyclic amines) is 1. The van der Waals surface area contributed by atoms with Crippen molar-refractivity contribution in [2.45, 2.75) is 38.3 Å². The average molecular weight is 319 g/mol. The van der Waals surface area contributed by atoms with Gasteiger partial charge in [-0.05, 0) is 31.2 Å². The van der Waals surface area contributed by atoms with E-state index in [1.165, 1.54) is 4.90 Å². The summed E-state index contributed by atoms with van der Waals surface area (Å²) in [5, 5.41) is 9.60. The Balaban J connectivity index is 1.73. The van der Waals surface area contributed by atoms with Crippen molar-refractivity contribution in [2.24, 2.45) is 0 Å². The first-order chi connectivity index (χ1) is 11.1. The number of carbonyl (C=O) groups is 2. The zero-order valence-electron chi connectivity index (χ0n) is 13.3. The van der Waals surface area contributed by atoms with Crippen LogP contribution in [0.15, 0.2) is 24.3 Å². The molecular weight excluding hydrogens is 296 g/mol. The third kappa shape index (κ3) is 3.23. The molecule has 1 aromatic carbocycles. The number of aliphatic hydroxyl groups excluding tert-OH is 1. The van der Waals surface area contributed by atoms with Crippen LogP contribution < -0.4 is 14.5 Å². The predicted octanol–water partition coefficient (Wildman–Crippen LogP) is -0.243. The van der Waals surface area contributed by atoms with E-state index in [2.05, 4.69) is 0 Å². The second-order valence-corrected chi connectivity index (χ2v) is 6.14. The third-order valence-electron chi connectivity index (χ3n) is 4.64. The Bertz CT molecular complexity index is 579. The number of anilines is 1. The quantitative estimate of drug-likeness (QED) is 0.751. The maximum Gasteiger partial charge on any atom is 0.292 e. The lowest BCUT2D eigenvalue weighted by atomic mass is 10.1. The zero-order valence-corrected chi connectivity index (χ0v) is 13.3. The number of imide groups is 1. The molecule has 0 radical (unpaired) electrons. The molecule has 0 aromatic heterocycles. The summed E-state index contributed by atoms with van der Waals surface area (Å²) in [6.07, 6.45) is 1.36. The second-order valence-electron chi connectivity index (χ2n) is 6.14. The fourth-order valence-electron chi connectivity index (χ4n) is 3.40. The molecule has 6 heteroatoms. The number of nitrogens with one attached hydrogen (secondary N) is 1. The van der Waals surface area contributed by atoms with Gasteiger partial charge in [-0.3, -0.25) is 9.59 Å². The first-order valence-electron chi connectivity index (χ1n) is 8.22. The molecular formula is C17H23N2O4+. The van der Waals surface area contributed by atoms with Gasteiger partial charge in [0, 0.05) is 12.8 Å². The van der Waals surface area contributed by atoms with Gasteiger partial charge in [-0.1, -0.05) is 0 Å². The van der Waals surface area contributed by atoms with E-state index in [9.17, 15) is 14.7 Å². The Morgan fingerprint density at radius 2 is 1.87 bits per heavy atom. The van der Waals surface area contributed by atoms with Crippen LogP contribution in [-0.2, 0) is 9.59 Å². The van der Waals surface area contributed by atoms with E-state index in [-0.39, 0.29) is 30.4 Å². The molecule has 2 saturated heterocycles. The Hall–Kier alpha value is -1.92. The SMILES string of the molecule is CCOc1ccc(N2C(=O)C[C@H]([NH+]3CCC(O)CC3)C2=O)cc1. The van der Waals surface area contributed by atoms with Crippen LogP contribution in [0.2, 0.25) is 0 Å². The summed E-state index contributed by atoms with van der Waals surface area (Å²) in [6, 6.07) is 6.73. The second kappa shape index (κ2) is 6.68. The fourth-order valence-corrected chi connectivity index (χ4v) is 3.40. The smallest absolute Gasteiger partial charge is 0.292 e. The van der Waals surface area contributed by atoms with Crippen molar-refractivity contribution < 1.29 is 24.3 Å². The molecule has 1 atom stereocenters. The first kappa shape index (κ1) is 16.0. The molecule has 23 heavy (non-hydrogen) atoms. The highest BCUT2D eigenvalue weighted by Crippen LogP contribution is 2.24. The fraction of sp³-hybridized carbons (Fsp3) is 0.529. The Morgan fingerprint density at radius 1 is 1.22 bits per heavy atom. The van der Waals surface area contributed by atoms with Crippen LogP contribution >= 0.6 is 0 Å². The van der Waals surface area contributed by atoms with Gasteiger partial charge in [0.05, 0.1) is 37.9 Å². The van der Waals surface area contributed by atoms with Crippen molar-refractivity contribution in [1.29, 1.82) is 0 Å². The lowest BCUT2D eigenvalue weighted by Gasteiger charge is -2.29. The molecule has 124 valence electrons. The first-order valence-corrected chi connectivity index (χ1v) is 8.22. The number of quaternary nitrogens is 1. The van der Waals surface area contributed by atoms with E-state index in [4.69, 9.17) is 4.74 Å². The molecule has 0 bridgehead atoms. The third-order valence-corrected chi connectivity index (χ3v) is 4.64. The van der Waals surface area contributed by atoms with Crippen LogP contribution in [0.5, 0.6) is 5.75 Å². The van der Waals surface area contributed by atoms with Crippen molar-refractivity contribution >= 4 is 17.5 Å². The number of benzene rings is 1. The normalized spacial score (nSPS) is 28.3. The lowest BCUT2D eigenvalue weighted by Crippen LogP contribution is -3.17. The highest BCUT2D eigenvalue weighted by Gasteiger charge is 2.46. The topological polar surface area (TPSA) is 71.3 Å². The van der Waals surface area contributed by atoms with E-state index in [0.717, 1.165) is 23.7 Å². The standard InChI is InChI=1S/C17H22N2O4/c1-2-23-14-5-3-12(4-6-14)19-16(21)11-15(17(19)22)18-9-7-13(20)8-10-18/h3-6,13,15,20H,2,7-11H2,1H3/p+1/t15-/m0/s1. The predicted molar refractivity (Wildman–Crippen MR) is 84.4 cm³/mol. The molecule has 0 aliphatic carbocycles. The molecule has 2 fully saturated rings. The van der Waals surface area contributed by atoms with Crippen molar-refractivity contribution in [1.82, 2.24) is 0 Å². The Morgan fingerprint density at radius 3 is 2.48 bits per heavy atom. The molecule has 2 amide bonds. The minimum absolute atomic E-state index is 0.134. The summed E-state index contributed by atoms with van der Waals surface area (Å²) in [5.41, 5.74) is 0.599. The summed E-state index contributed by atoms with van der Waals surface area (Å²) < 4.78 is 5.39. The van der Waals surface area contributed by atoms with Gasteiger partial charge in [-0.2, -0.15) is 0 Å². The van der Waals surface area contributed by atoms with Gasteiger partial charge >= 0.3 is 0 Å². The van der Waals surface area contributed by atoms with E-state index in [1.54, 1.807) is 24.3 Å². The molecule has 1 aromatic rings. The minimum Gasteiger partial charge on any atom is -0.494 e. The zero-order chi connectivity index (χ0) is 16.4. The lowest BCUT2D eigenvalue weighted by molar-refractivity contribution is -0.920. The maximum atomic E-state index is 12.7. The summed E-state index contributed by atoms with van der Waals surface area (Å²) in [4.78, 5) is 27.4. The molecule has 6 nitrogen and oxygen atoms in total. The summed E-state index contributed by atoms with van der Waals surface area (Å²) in [5.74, 6) is 0.441. The van der Waals surface area contributed by atoms with Crippen LogP contribution in [0.4, 0.5) is 5.69 Å². The largest absolute Gasteiger partial charge is 0.494 e. The van der Waals surface area contributed by atoms with Crippen molar-refractivity contribution in [3.05, 3.63) is 24.3 Å². The van der Waals surface area contributed by atoms with Crippen LogP contribution in [-0.4, -0.2) is 48.8 Å².